The van der Waals surface area contributed by atoms with Gasteiger partial charge in [-0.15, -0.1) is 0 Å². The molecule has 1 saturated heterocycles. The fourth-order valence-corrected chi connectivity index (χ4v) is 5.74. The van der Waals surface area contributed by atoms with Crippen LogP contribution in [0.5, 0.6) is 0 Å². The molecule has 0 aliphatic carbocycles. The molecular weight excluding hydrogens is 358 g/mol. The summed E-state index contributed by atoms with van der Waals surface area (Å²) in [4.78, 5) is 2.47. The molecule has 1 unspecified atom stereocenters. The van der Waals surface area contributed by atoms with E-state index in [0.29, 0.717) is 31.1 Å². The van der Waals surface area contributed by atoms with Crippen molar-refractivity contribution in [3.63, 3.8) is 0 Å². The van der Waals surface area contributed by atoms with Crippen molar-refractivity contribution < 1.29 is 8.42 Å². The van der Waals surface area contributed by atoms with E-state index in [9.17, 15) is 13.7 Å². The number of rotatable bonds is 4. The Morgan fingerprint density at radius 3 is 2.04 bits per heavy atom. The van der Waals surface area contributed by atoms with Crippen molar-refractivity contribution in [2.24, 2.45) is 0 Å². The molecule has 0 radical (unpaired) electrons. The molecule has 0 N–H and O–H groups in total. The number of hydrogen-bond acceptors (Lipinski definition) is 4. The lowest BCUT2D eigenvalue weighted by Gasteiger charge is -2.36. The third-order valence-electron chi connectivity index (χ3n) is 5.08. The van der Waals surface area contributed by atoms with Gasteiger partial charge in [-0.05, 0) is 37.5 Å². The van der Waals surface area contributed by atoms with Gasteiger partial charge in [0.25, 0.3) is 0 Å². The van der Waals surface area contributed by atoms with Crippen LogP contribution in [0.2, 0.25) is 0 Å². The molecule has 142 valence electrons. The summed E-state index contributed by atoms with van der Waals surface area (Å²) in [6.07, 6.45) is 0. The van der Waals surface area contributed by atoms with Gasteiger partial charge in [0.05, 0.1) is 11.0 Å². The Kier molecular flexibility index (Phi) is 5.66. The van der Waals surface area contributed by atoms with E-state index in [0.717, 1.165) is 22.3 Å². The molecule has 27 heavy (non-hydrogen) atoms. The van der Waals surface area contributed by atoms with Crippen molar-refractivity contribution in [1.29, 1.82) is 5.26 Å². The second-order valence-corrected chi connectivity index (χ2v) is 8.98. The van der Waals surface area contributed by atoms with Crippen LogP contribution in [-0.4, -0.2) is 43.8 Å². The van der Waals surface area contributed by atoms with Crippen LogP contribution in [0.3, 0.4) is 0 Å². The average Bonchev–Trinajstić information content (AvgIpc) is 2.62. The molecule has 0 spiro atoms. The lowest BCUT2D eigenvalue weighted by molar-refractivity contribution is 0.162. The van der Waals surface area contributed by atoms with Gasteiger partial charge in [-0.25, -0.2) is 8.42 Å². The third-order valence-corrected chi connectivity index (χ3v) is 7.28. The highest BCUT2D eigenvalue weighted by Crippen LogP contribution is 2.28. The van der Waals surface area contributed by atoms with Crippen molar-refractivity contribution in [3.8, 4) is 6.07 Å². The average molecular weight is 384 g/mol. The van der Waals surface area contributed by atoms with Crippen molar-refractivity contribution >= 4 is 10.0 Å². The van der Waals surface area contributed by atoms with Crippen LogP contribution in [0.15, 0.2) is 47.4 Å². The second kappa shape index (κ2) is 7.81. The van der Waals surface area contributed by atoms with Gasteiger partial charge in [-0.3, -0.25) is 4.90 Å². The monoisotopic (exact) mass is 383 g/mol. The second-order valence-electron chi connectivity index (χ2n) is 7.11. The van der Waals surface area contributed by atoms with Crippen LogP contribution in [-0.2, 0) is 10.0 Å². The largest absolute Gasteiger partial charge is 0.282 e. The number of aryl methyl sites for hydroxylation is 3. The van der Waals surface area contributed by atoms with Gasteiger partial charge in [0.2, 0.25) is 10.0 Å². The van der Waals surface area contributed by atoms with E-state index in [1.807, 2.05) is 63.2 Å². The van der Waals surface area contributed by atoms with Gasteiger partial charge in [-0.2, -0.15) is 9.57 Å². The molecule has 1 fully saturated rings. The molecule has 2 aromatic rings. The predicted octanol–water partition coefficient (Wildman–Crippen LogP) is 3.18. The maximum atomic E-state index is 13.2. The van der Waals surface area contributed by atoms with Crippen LogP contribution in [0.4, 0.5) is 0 Å². The summed E-state index contributed by atoms with van der Waals surface area (Å²) in [5.41, 5.74) is 3.58. The Balaban J connectivity index is 1.78. The Morgan fingerprint density at radius 2 is 1.52 bits per heavy atom. The molecule has 6 heteroatoms. The maximum absolute atomic E-state index is 13.2. The molecular formula is C21H25N3O2S. The summed E-state index contributed by atoms with van der Waals surface area (Å²) in [7, 11) is -3.54. The van der Waals surface area contributed by atoms with Crippen LogP contribution in [0, 0.1) is 32.1 Å². The zero-order valence-electron chi connectivity index (χ0n) is 16.0. The maximum Gasteiger partial charge on any atom is 0.243 e. The first-order valence-electron chi connectivity index (χ1n) is 9.11. The van der Waals surface area contributed by atoms with E-state index < -0.39 is 10.0 Å². The van der Waals surface area contributed by atoms with Crippen molar-refractivity contribution in [2.75, 3.05) is 26.2 Å². The molecule has 0 saturated carbocycles. The van der Waals surface area contributed by atoms with E-state index in [-0.39, 0.29) is 6.04 Å². The Morgan fingerprint density at radius 1 is 0.963 bits per heavy atom. The lowest BCUT2D eigenvalue weighted by Crippen LogP contribution is -2.49. The molecule has 3 rings (SSSR count). The van der Waals surface area contributed by atoms with Gasteiger partial charge in [0, 0.05) is 26.2 Å². The summed E-state index contributed by atoms with van der Waals surface area (Å²) in [6.45, 7) is 7.53. The number of hydrogen-bond donors (Lipinski definition) is 0. The molecule has 1 heterocycles. The fourth-order valence-electron chi connectivity index (χ4n) is 3.91. The number of piperazine rings is 1. The molecule has 0 bridgehead atoms. The summed E-state index contributed by atoms with van der Waals surface area (Å²) >= 11 is 0. The Labute approximate surface area is 161 Å². The third kappa shape index (κ3) is 3.91. The summed E-state index contributed by atoms with van der Waals surface area (Å²) in [6, 6.07) is 15.5. The molecule has 5 nitrogen and oxygen atoms in total. The van der Waals surface area contributed by atoms with Crippen LogP contribution in [0.25, 0.3) is 0 Å². The predicted molar refractivity (Wildman–Crippen MR) is 106 cm³/mol. The molecule has 2 aromatic carbocycles. The van der Waals surface area contributed by atoms with Crippen LogP contribution in [0.1, 0.15) is 28.3 Å². The number of nitrogens with zero attached hydrogens (tertiary/aromatic N) is 3. The van der Waals surface area contributed by atoms with Gasteiger partial charge < -0.3 is 0 Å². The zero-order valence-corrected chi connectivity index (χ0v) is 16.8. The Hall–Kier alpha value is -2.20. The topological polar surface area (TPSA) is 64.4 Å². The SMILES string of the molecule is Cc1cc(C)c(S(=O)(=O)N2CCN(C(C#N)c3ccccc3)CC2)c(C)c1. The van der Waals surface area contributed by atoms with E-state index in [2.05, 4.69) is 11.0 Å². The van der Waals surface area contributed by atoms with Gasteiger partial charge in [-0.1, -0.05) is 48.0 Å². The highest BCUT2D eigenvalue weighted by Gasteiger charge is 2.33. The van der Waals surface area contributed by atoms with E-state index in [1.165, 1.54) is 0 Å². The van der Waals surface area contributed by atoms with E-state index in [4.69, 9.17) is 0 Å². The summed E-state index contributed by atoms with van der Waals surface area (Å²) in [5, 5.41) is 9.61. The van der Waals surface area contributed by atoms with Crippen LogP contribution >= 0.6 is 0 Å². The minimum atomic E-state index is -3.54. The van der Waals surface area contributed by atoms with Gasteiger partial charge in [0.1, 0.15) is 6.04 Å². The highest BCUT2D eigenvalue weighted by atomic mass is 32.2. The molecule has 0 amide bonds. The first-order chi connectivity index (χ1) is 12.8. The molecule has 0 aromatic heterocycles. The van der Waals surface area contributed by atoms with Crippen molar-refractivity contribution in [2.45, 2.75) is 31.7 Å². The van der Waals surface area contributed by atoms with E-state index >= 15 is 0 Å². The first kappa shape index (κ1) is 19.6. The molecule has 1 aliphatic rings. The van der Waals surface area contributed by atoms with Crippen molar-refractivity contribution in [3.05, 3.63) is 64.7 Å². The lowest BCUT2D eigenvalue weighted by atomic mass is 10.1. The number of benzene rings is 2. The minimum absolute atomic E-state index is 0.348. The normalized spacial score (nSPS) is 17.4. The first-order valence-corrected chi connectivity index (χ1v) is 10.5. The summed E-state index contributed by atoms with van der Waals surface area (Å²) in [5.74, 6) is 0. The van der Waals surface area contributed by atoms with Gasteiger partial charge >= 0.3 is 0 Å². The smallest absolute Gasteiger partial charge is 0.243 e. The van der Waals surface area contributed by atoms with E-state index in [1.54, 1.807) is 4.31 Å². The summed E-state index contributed by atoms with van der Waals surface area (Å²) < 4.78 is 27.9. The van der Waals surface area contributed by atoms with Crippen molar-refractivity contribution in [1.82, 2.24) is 9.21 Å². The van der Waals surface area contributed by atoms with Crippen LogP contribution < -0.4 is 0 Å². The molecule has 1 aliphatic heterocycles. The quantitative estimate of drug-likeness (QED) is 0.813. The number of nitriles is 1. The fraction of sp³-hybridized carbons (Fsp3) is 0.381. The minimum Gasteiger partial charge on any atom is -0.282 e. The van der Waals surface area contributed by atoms with Gasteiger partial charge in [0.15, 0.2) is 0 Å². The number of sulfonamides is 1. The Bertz CT molecular complexity index is 934. The highest BCUT2D eigenvalue weighted by molar-refractivity contribution is 7.89. The zero-order chi connectivity index (χ0) is 19.6. The molecule has 1 atom stereocenters. The standard InChI is InChI=1S/C21H25N3O2S/c1-16-13-17(2)21(18(3)14-16)27(25,26)24-11-9-23(10-12-24)20(15-22)19-7-5-4-6-8-19/h4-8,13-14,20H,9-12H2,1-3H3.